The lowest BCUT2D eigenvalue weighted by molar-refractivity contribution is -0.140. The molecule has 7 nitrogen and oxygen atoms in total. The van der Waals surface area contributed by atoms with Gasteiger partial charge in [0.05, 0.1) is 13.2 Å². The Labute approximate surface area is 196 Å². The van der Waals surface area contributed by atoms with Gasteiger partial charge in [0.25, 0.3) is 0 Å². The molecule has 33 heavy (non-hydrogen) atoms. The molecule has 180 valence electrons. The molecule has 0 bridgehead atoms. The van der Waals surface area contributed by atoms with E-state index in [1.807, 2.05) is 50.3 Å². The Hall–Kier alpha value is -3.22. The number of hydrogen-bond acceptors (Lipinski definition) is 4. The van der Waals surface area contributed by atoms with Crippen LogP contribution in [0.3, 0.4) is 0 Å². The first-order valence-corrected chi connectivity index (χ1v) is 11.6. The lowest BCUT2D eigenvalue weighted by Crippen LogP contribution is -2.49. The maximum absolute atomic E-state index is 13.0. The summed E-state index contributed by atoms with van der Waals surface area (Å²) in [5, 5.41) is 12.2. The fraction of sp³-hybridized carbons (Fsp3) is 0.462. The maximum Gasteiger partial charge on any atom is 0.329 e. The van der Waals surface area contributed by atoms with E-state index in [4.69, 9.17) is 9.47 Å². The second-order valence-corrected chi connectivity index (χ2v) is 7.96. The van der Waals surface area contributed by atoms with Crippen LogP contribution in [0, 0.1) is 0 Å². The van der Waals surface area contributed by atoms with Crippen LogP contribution < -0.4 is 14.8 Å². The molecule has 1 saturated carbocycles. The molecule has 2 N–H and O–H groups in total. The highest BCUT2D eigenvalue weighted by atomic mass is 16.5. The topological polar surface area (TPSA) is 88.1 Å². The molecule has 1 aromatic rings. The van der Waals surface area contributed by atoms with Crippen LogP contribution in [0.1, 0.15) is 51.5 Å². The second-order valence-electron chi connectivity index (χ2n) is 7.96. The number of carboxylic acid groups (broad SMARTS) is 1. The van der Waals surface area contributed by atoms with Crippen LogP contribution in [-0.2, 0) is 11.3 Å². The van der Waals surface area contributed by atoms with Crippen molar-refractivity contribution in [2.45, 2.75) is 58.0 Å². The van der Waals surface area contributed by atoms with Gasteiger partial charge in [-0.1, -0.05) is 37.0 Å². The number of nitrogens with one attached hydrogen (secondary N) is 1. The van der Waals surface area contributed by atoms with Crippen LogP contribution >= 0.6 is 0 Å². The van der Waals surface area contributed by atoms with Gasteiger partial charge in [-0.3, -0.25) is 0 Å². The van der Waals surface area contributed by atoms with Crippen molar-refractivity contribution in [3.05, 3.63) is 60.7 Å². The third-order valence-electron chi connectivity index (χ3n) is 5.27. The molecule has 0 unspecified atom stereocenters. The van der Waals surface area contributed by atoms with E-state index in [0.29, 0.717) is 50.6 Å². The monoisotopic (exact) mass is 456 g/mol. The minimum Gasteiger partial charge on any atom is -0.494 e. The minimum atomic E-state index is -1.13. The molecule has 0 atom stereocenters. The second kappa shape index (κ2) is 13.4. The van der Waals surface area contributed by atoms with E-state index in [2.05, 4.69) is 18.0 Å². The van der Waals surface area contributed by atoms with Gasteiger partial charge in [-0.15, -0.1) is 0 Å². The molecule has 7 heteroatoms. The first-order chi connectivity index (χ1) is 15.9. The van der Waals surface area contributed by atoms with Crippen molar-refractivity contribution in [3.8, 4) is 11.5 Å². The van der Waals surface area contributed by atoms with Gasteiger partial charge in [-0.05, 0) is 63.6 Å². The summed E-state index contributed by atoms with van der Waals surface area (Å²) in [6.45, 7) is 9.35. The standard InChI is InChI=1S/C26H36N2O5/c1-4-7-8-9-10-11-12-13-16-28(25(31)27-26(14-15-26)24(29)30)20-21-17-22(32-5-2)19-23(18-21)33-6-3/h4,7-10,17-19H,1,5-6,11-16,20H2,2-3H3,(H,27,31)(H,29,30)/b8-7-,10-9+. The third kappa shape index (κ3) is 8.67. The minimum absolute atomic E-state index is 0.334. The lowest BCUT2D eigenvalue weighted by Gasteiger charge is -2.26. The quantitative estimate of drug-likeness (QED) is 0.284. The Kier molecular flexibility index (Phi) is 10.5. The third-order valence-corrected chi connectivity index (χ3v) is 5.27. The highest BCUT2D eigenvalue weighted by Crippen LogP contribution is 2.35. The molecule has 1 fully saturated rings. The van der Waals surface area contributed by atoms with E-state index >= 15 is 0 Å². The molecule has 0 saturated heterocycles. The van der Waals surface area contributed by atoms with Crippen molar-refractivity contribution in [3.63, 3.8) is 0 Å². The lowest BCUT2D eigenvalue weighted by atomic mass is 10.1. The van der Waals surface area contributed by atoms with Gasteiger partial charge < -0.3 is 24.8 Å². The number of carbonyl (C=O) groups is 2. The number of ether oxygens (including phenoxy) is 2. The molecule has 2 rings (SSSR count). The summed E-state index contributed by atoms with van der Waals surface area (Å²) < 4.78 is 11.3. The van der Waals surface area contributed by atoms with Crippen molar-refractivity contribution >= 4 is 12.0 Å². The molecule has 1 aliphatic rings. The summed E-state index contributed by atoms with van der Waals surface area (Å²) >= 11 is 0. The number of aliphatic carboxylic acids is 1. The summed E-state index contributed by atoms with van der Waals surface area (Å²) in [7, 11) is 0. The number of allylic oxidation sites excluding steroid dienone is 5. The number of amides is 2. The average Bonchev–Trinajstić information content (AvgIpc) is 3.56. The summed E-state index contributed by atoms with van der Waals surface area (Å²) in [4.78, 5) is 26.3. The number of rotatable bonds is 15. The van der Waals surface area contributed by atoms with Crippen LogP contribution in [0.25, 0.3) is 0 Å². The van der Waals surface area contributed by atoms with Crippen LogP contribution in [0.4, 0.5) is 4.79 Å². The van der Waals surface area contributed by atoms with E-state index in [1.165, 1.54) is 0 Å². The Morgan fingerprint density at radius 1 is 1.09 bits per heavy atom. The number of nitrogens with zero attached hydrogens (tertiary/aromatic N) is 1. The zero-order chi connectivity index (χ0) is 24.1. The highest BCUT2D eigenvalue weighted by Gasteiger charge is 2.52. The van der Waals surface area contributed by atoms with Crippen LogP contribution in [-0.4, -0.2) is 47.3 Å². The van der Waals surface area contributed by atoms with Crippen LogP contribution in [0.15, 0.2) is 55.2 Å². The summed E-state index contributed by atoms with van der Waals surface area (Å²) in [5.41, 5.74) is -0.256. The largest absolute Gasteiger partial charge is 0.494 e. The normalized spacial score (nSPS) is 14.2. The summed E-state index contributed by atoms with van der Waals surface area (Å²) in [6, 6.07) is 5.26. The fourth-order valence-electron chi connectivity index (χ4n) is 3.38. The SMILES string of the molecule is C=C/C=C\C=C\CCCCN(Cc1cc(OCC)cc(OCC)c1)C(=O)NC1(C(=O)O)CC1. The highest BCUT2D eigenvalue weighted by molar-refractivity contribution is 5.89. The predicted octanol–water partition coefficient (Wildman–Crippen LogP) is 5.08. The number of urea groups is 1. The van der Waals surface area contributed by atoms with Gasteiger partial charge in [0.15, 0.2) is 0 Å². The van der Waals surface area contributed by atoms with Crippen molar-refractivity contribution in [2.24, 2.45) is 0 Å². The van der Waals surface area contributed by atoms with E-state index in [0.717, 1.165) is 24.8 Å². The summed E-state index contributed by atoms with van der Waals surface area (Å²) in [6.07, 6.45) is 13.1. The van der Waals surface area contributed by atoms with Crippen molar-refractivity contribution in [2.75, 3.05) is 19.8 Å². The van der Waals surface area contributed by atoms with Gasteiger partial charge in [0, 0.05) is 19.2 Å². The Balaban J connectivity index is 2.08. The van der Waals surface area contributed by atoms with Gasteiger partial charge in [-0.25, -0.2) is 9.59 Å². The van der Waals surface area contributed by atoms with E-state index in [-0.39, 0.29) is 6.03 Å². The van der Waals surface area contributed by atoms with Gasteiger partial charge in [0.1, 0.15) is 17.0 Å². The van der Waals surface area contributed by atoms with Crippen molar-refractivity contribution in [1.29, 1.82) is 0 Å². The number of benzene rings is 1. The molecule has 0 heterocycles. The van der Waals surface area contributed by atoms with E-state index in [9.17, 15) is 14.7 Å². The van der Waals surface area contributed by atoms with Crippen molar-refractivity contribution in [1.82, 2.24) is 10.2 Å². The maximum atomic E-state index is 13.0. The number of hydrogen-bond donors (Lipinski definition) is 2. The molecule has 0 radical (unpaired) electrons. The molecule has 0 spiro atoms. The fourth-order valence-corrected chi connectivity index (χ4v) is 3.38. The molecule has 1 aromatic carbocycles. The Morgan fingerprint density at radius 3 is 2.30 bits per heavy atom. The smallest absolute Gasteiger partial charge is 0.329 e. The summed E-state index contributed by atoms with van der Waals surface area (Å²) in [5.74, 6) is 0.381. The van der Waals surface area contributed by atoms with E-state index < -0.39 is 11.5 Å². The molecule has 0 aliphatic heterocycles. The molecule has 2 amide bonds. The number of carboxylic acids is 1. The molecule has 0 aromatic heterocycles. The van der Waals surface area contributed by atoms with Crippen LogP contribution in [0.5, 0.6) is 11.5 Å². The first kappa shape index (κ1) is 26.0. The van der Waals surface area contributed by atoms with Crippen LogP contribution in [0.2, 0.25) is 0 Å². The molecule has 1 aliphatic carbocycles. The number of unbranched alkanes of at least 4 members (excludes halogenated alkanes) is 2. The molecular formula is C26H36N2O5. The van der Waals surface area contributed by atoms with Gasteiger partial charge in [-0.2, -0.15) is 0 Å². The zero-order valence-electron chi connectivity index (χ0n) is 19.7. The zero-order valence-corrected chi connectivity index (χ0v) is 19.7. The average molecular weight is 457 g/mol. The number of carbonyl (C=O) groups excluding carboxylic acids is 1. The van der Waals surface area contributed by atoms with Gasteiger partial charge in [0.2, 0.25) is 0 Å². The molecular weight excluding hydrogens is 420 g/mol. The Morgan fingerprint density at radius 2 is 1.76 bits per heavy atom. The predicted molar refractivity (Wildman–Crippen MR) is 130 cm³/mol. The Bertz CT molecular complexity index is 834. The van der Waals surface area contributed by atoms with Gasteiger partial charge >= 0.3 is 12.0 Å². The van der Waals surface area contributed by atoms with E-state index in [1.54, 1.807) is 11.0 Å². The first-order valence-electron chi connectivity index (χ1n) is 11.6. The van der Waals surface area contributed by atoms with Crippen molar-refractivity contribution < 1.29 is 24.2 Å².